The highest BCUT2D eigenvalue weighted by molar-refractivity contribution is 6.07. The van der Waals surface area contributed by atoms with Crippen molar-refractivity contribution >= 4 is 11.9 Å². The molecular weight excluding hydrogens is 306 g/mol. The van der Waals surface area contributed by atoms with Gasteiger partial charge in [-0.05, 0) is 31.4 Å². The zero-order valence-electron chi connectivity index (χ0n) is 14.1. The van der Waals surface area contributed by atoms with E-state index in [4.69, 9.17) is 0 Å². The van der Waals surface area contributed by atoms with Gasteiger partial charge in [0.1, 0.15) is 17.7 Å². The molecule has 2 aromatic rings. The number of imide groups is 1. The highest BCUT2D eigenvalue weighted by Gasteiger charge is 2.49. The summed E-state index contributed by atoms with van der Waals surface area (Å²) in [4.78, 5) is 30.8. The highest BCUT2D eigenvalue weighted by Crippen LogP contribution is 2.31. The molecule has 1 aromatic heterocycles. The summed E-state index contributed by atoms with van der Waals surface area (Å²) in [6.07, 6.45) is 2.35. The van der Waals surface area contributed by atoms with Crippen LogP contribution in [0.3, 0.4) is 0 Å². The minimum absolute atomic E-state index is 0.117. The molecule has 126 valence electrons. The van der Waals surface area contributed by atoms with Gasteiger partial charge in [0.15, 0.2) is 0 Å². The van der Waals surface area contributed by atoms with Gasteiger partial charge in [0.05, 0.1) is 6.54 Å². The molecule has 1 atom stereocenters. The summed E-state index contributed by atoms with van der Waals surface area (Å²) in [7, 11) is 0. The van der Waals surface area contributed by atoms with Gasteiger partial charge in [-0.25, -0.2) is 14.5 Å². The number of carbonyl (C=O) groups excluding carboxylic acids is 2. The second kappa shape index (κ2) is 6.07. The highest BCUT2D eigenvalue weighted by atomic mass is 16.2. The number of rotatable bonds is 5. The molecule has 7 nitrogen and oxygen atoms in total. The first-order valence-electron chi connectivity index (χ1n) is 8.04. The van der Waals surface area contributed by atoms with Crippen molar-refractivity contribution in [2.24, 2.45) is 0 Å². The summed E-state index contributed by atoms with van der Waals surface area (Å²) >= 11 is 0. The third-order valence-electron chi connectivity index (χ3n) is 4.39. The van der Waals surface area contributed by atoms with E-state index in [1.807, 2.05) is 38.1 Å². The lowest BCUT2D eigenvalue weighted by atomic mass is 9.88. The molecule has 0 bridgehead atoms. The molecule has 7 heteroatoms. The topological polar surface area (TPSA) is 80.1 Å². The number of aryl methyl sites for hydroxylation is 2. The first-order chi connectivity index (χ1) is 11.5. The van der Waals surface area contributed by atoms with E-state index in [2.05, 4.69) is 15.4 Å². The number of carbonyl (C=O) groups is 2. The molecule has 0 aliphatic carbocycles. The van der Waals surface area contributed by atoms with Crippen LogP contribution in [-0.2, 0) is 23.4 Å². The predicted molar refractivity (Wildman–Crippen MR) is 87.9 cm³/mol. The van der Waals surface area contributed by atoms with E-state index < -0.39 is 11.6 Å². The quantitative estimate of drug-likeness (QED) is 0.851. The second-order valence-electron chi connectivity index (χ2n) is 6.16. The molecule has 0 saturated carbocycles. The number of hydrogen-bond donors (Lipinski definition) is 1. The average molecular weight is 327 g/mol. The van der Waals surface area contributed by atoms with Gasteiger partial charge in [-0.15, -0.1) is 0 Å². The Morgan fingerprint density at radius 3 is 2.71 bits per heavy atom. The molecule has 0 unspecified atom stereocenters. The third kappa shape index (κ3) is 2.55. The normalized spacial score (nSPS) is 20.5. The van der Waals surface area contributed by atoms with E-state index in [9.17, 15) is 9.59 Å². The van der Waals surface area contributed by atoms with Crippen LogP contribution in [-0.4, -0.2) is 31.6 Å². The van der Waals surface area contributed by atoms with Crippen LogP contribution in [0.25, 0.3) is 0 Å². The van der Waals surface area contributed by atoms with Crippen LogP contribution < -0.4 is 5.32 Å². The Kier molecular flexibility index (Phi) is 4.09. The van der Waals surface area contributed by atoms with E-state index in [-0.39, 0.29) is 12.5 Å². The Labute approximate surface area is 140 Å². The SMILES string of the molecule is CCCn1ncnc1CN1C(=O)N[C@](C)(c2ccccc2C)C1=O. The van der Waals surface area contributed by atoms with Gasteiger partial charge in [-0.1, -0.05) is 31.2 Å². The van der Waals surface area contributed by atoms with Crippen molar-refractivity contribution in [3.8, 4) is 0 Å². The molecule has 1 aromatic carbocycles. The Balaban J connectivity index is 1.89. The number of benzene rings is 1. The second-order valence-corrected chi connectivity index (χ2v) is 6.16. The standard InChI is InChI=1S/C17H21N5O2/c1-4-9-22-14(18-11-19-22)10-21-15(23)17(3,20-16(21)24)13-8-6-5-7-12(13)2/h5-8,11H,4,9-10H2,1-3H3,(H,20,24)/t17-/m1/s1. The zero-order valence-corrected chi connectivity index (χ0v) is 14.1. The lowest BCUT2D eigenvalue weighted by molar-refractivity contribution is -0.131. The fourth-order valence-corrected chi connectivity index (χ4v) is 3.11. The monoisotopic (exact) mass is 327 g/mol. The van der Waals surface area contributed by atoms with Crippen LogP contribution >= 0.6 is 0 Å². The van der Waals surface area contributed by atoms with E-state index in [0.29, 0.717) is 12.4 Å². The summed E-state index contributed by atoms with van der Waals surface area (Å²) in [6.45, 7) is 6.53. The summed E-state index contributed by atoms with van der Waals surface area (Å²) in [5.74, 6) is 0.335. The molecule has 1 fully saturated rings. The molecule has 1 N–H and O–H groups in total. The van der Waals surface area contributed by atoms with Crippen molar-refractivity contribution in [2.45, 2.75) is 45.8 Å². The number of hydrogen-bond acceptors (Lipinski definition) is 4. The lowest BCUT2D eigenvalue weighted by Crippen LogP contribution is -2.41. The molecule has 0 radical (unpaired) electrons. The van der Waals surface area contributed by atoms with Crippen molar-refractivity contribution in [1.29, 1.82) is 0 Å². The molecule has 1 saturated heterocycles. The molecule has 3 rings (SSSR count). The minimum Gasteiger partial charge on any atom is -0.319 e. The molecule has 2 heterocycles. The van der Waals surface area contributed by atoms with Crippen LogP contribution in [0, 0.1) is 6.92 Å². The van der Waals surface area contributed by atoms with Crippen molar-refractivity contribution < 1.29 is 9.59 Å². The average Bonchev–Trinajstić information content (AvgIpc) is 3.07. The molecule has 0 spiro atoms. The molecule has 24 heavy (non-hydrogen) atoms. The molecule has 1 aliphatic heterocycles. The molecule has 3 amide bonds. The molecular formula is C17H21N5O2. The first kappa shape index (κ1) is 16.2. The van der Waals surface area contributed by atoms with E-state index >= 15 is 0 Å². The van der Waals surface area contributed by atoms with E-state index in [0.717, 1.165) is 17.5 Å². The number of urea groups is 1. The fraction of sp³-hybridized carbons (Fsp3) is 0.412. The van der Waals surface area contributed by atoms with Crippen molar-refractivity contribution in [2.75, 3.05) is 0 Å². The maximum absolute atomic E-state index is 13.0. The Morgan fingerprint density at radius 2 is 2.00 bits per heavy atom. The summed E-state index contributed by atoms with van der Waals surface area (Å²) in [6, 6.07) is 7.18. The van der Waals surface area contributed by atoms with E-state index in [1.165, 1.54) is 11.2 Å². The predicted octanol–water partition coefficient (Wildman–Crippen LogP) is 1.96. The van der Waals surface area contributed by atoms with E-state index in [1.54, 1.807) is 11.6 Å². The van der Waals surface area contributed by atoms with Crippen LogP contribution in [0.2, 0.25) is 0 Å². The Morgan fingerprint density at radius 1 is 1.25 bits per heavy atom. The van der Waals surface area contributed by atoms with Gasteiger partial charge in [-0.2, -0.15) is 5.10 Å². The summed E-state index contributed by atoms with van der Waals surface area (Å²) in [5.41, 5.74) is 0.711. The Bertz CT molecular complexity index is 785. The fourth-order valence-electron chi connectivity index (χ4n) is 3.11. The van der Waals surface area contributed by atoms with Gasteiger partial charge in [0, 0.05) is 6.54 Å². The van der Waals surface area contributed by atoms with Crippen molar-refractivity contribution in [3.63, 3.8) is 0 Å². The maximum Gasteiger partial charge on any atom is 0.325 e. The number of nitrogens with one attached hydrogen (secondary N) is 1. The van der Waals surface area contributed by atoms with Crippen LogP contribution in [0.1, 0.15) is 37.2 Å². The van der Waals surface area contributed by atoms with Gasteiger partial charge >= 0.3 is 6.03 Å². The Hall–Kier alpha value is -2.70. The third-order valence-corrected chi connectivity index (χ3v) is 4.39. The summed E-state index contributed by atoms with van der Waals surface area (Å²) in [5, 5.41) is 6.97. The van der Waals surface area contributed by atoms with Gasteiger partial charge < -0.3 is 5.32 Å². The van der Waals surface area contributed by atoms with Crippen molar-refractivity contribution in [3.05, 3.63) is 47.5 Å². The van der Waals surface area contributed by atoms with Gasteiger partial charge in [0.25, 0.3) is 5.91 Å². The maximum atomic E-state index is 13.0. The number of aromatic nitrogens is 3. The molecule has 1 aliphatic rings. The van der Waals surface area contributed by atoms with Crippen LogP contribution in [0.4, 0.5) is 4.79 Å². The summed E-state index contributed by atoms with van der Waals surface area (Å²) < 4.78 is 1.73. The zero-order chi connectivity index (χ0) is 17.3. The number of nitrogens with zero attached hydrogens (tertiary/aromatic N) is 4. The number of amides is 3. The first-order valence-corrected chi connectivity index (χ1v) is 8.04. The largest absolute Gasteiger partial charge is 0.325 e. The van der Waals surface area contributed by atoms with Crippen LogP contribution in [0.15, 0.2) is 30.6 Å². The van der Waals surface area contributed by atoms with Gasteiger partial charge in [-0.3, -0.25) is 9.69 Å². The van der Waals surface area contributed by atoms with Crippen LogP contribution in [0.5, 0.6) is 0 Å². The minimum atomic E-state index is -1.06. The smallest absolute Gasteiger partial charge is 0.319 e. The van der Waals surface area contributed by atoms with Crippen molar-refractivity contribution in [1.82, 2.24) is 25.0 Å². The lowest BCUT2D eigenvalue weighted by Gasteiger charge is -2.24. The van der Waals surface area contributed by atoms with Gasteiger partial charge in [0.2, 0.25) is 0 Å².